The molecule has 6 bridgehead atoms. The van der Waals surface area contributed by atoms with Crippen LogP contribution < -0.4 is 9.64 Å². The zero-order valence-electron chi connectivity index (χ0n) is 28.7. The number of piperidine rings is 1. The third-order valence-corrected chi connectivity index (χ3v) is 9.72. The largest absolute Gasteiger partial charge is 0.472 e. The molecule has 2 saturated heterocycles. The van der Waals surface area contributed by atoms with Crippen LogP contribution in [0.15, 0.2) is 53.1 Å². The van der Waals surface area contributed by atoms with Crippen molar-refractivity contribution in [3.05, 3.63) is 65.1 Å². The Morgan fingerprint density at radius 3 is 2.78 bits per heavy atom. The van der Waals surface area contributed by atoms with E-state index in [0.29, 0.717) is 41.2 Å². The van der Waals surface area contributed by atoms with Crippen molar-refractivity contribution in [2.45, 2.75) is 83.4 Å². The fourth-order valence-corrected chi connectivity index (χ4v) is 7.23. The highest BCUT2D eigenvalue weighted by Crippen LogP contribution is 2.46. The van der Waals surface area contributed by atoms with Crippen LogP contribution in [0.3, 0.4) is 0 Å². The Morgan fingerprint density at radius 2 is 1.98 bits per heavy atom. The van der Waals surface area contributed by atoms with E-state index in [2.05, 4.69) is 4.98 Å². The summed E-state index contributed by atoms with van der Waals surface area (Å²) in [6, 6.07) is 8.31. The first-order valence-corrected chi connectivity index (χ1v) is 17.5. The topological polar surface area (TPSA) is 120 Å². The van der Waals surface area contributed by atoms with Gasteiger partial charge in [-0.15, -0.1) is 0 Å². The quantitative estimate of drug-likeness (QED) is 0.156. The maximum Gasteiger partial charge on any atom is 0.329 e. The second-order valence-corrected chi connectivity index (χ2v) is 14.7. The maximum atomic E-state index is 17.2. The summed E-state index contributed by atoms with van der Waals surface area (Å²) in [5, 5.41) is 1.07. The van der Waals surface area contributed by atoms with Gasteiger partial charge in [0.2, 0.25) is 11.8 Å². The second-order valence-electron chi connectivity index (χ2n) is 14.3. The van der Waals surface area contributed by atoms with Crippen LogP contribution >= 0.6 is 11.6 Å². The first-order chi connectivity index (χ1) is 23.9. The van der Waals surface area contributed by atoms with Crippen LogP contribution in [-0.2, 0) is 31.3 Å². The van der Waals surface area contributed by atoms with Gasteiger partial charge in [0.25, 0.3) is 0 Å². The van der Waals surface area contributed by atoms with E-state index < -0.39 is 35.3 Å². The highest BCUT2D eigenvalue weighted by atomic mass is 35.5. The molecule has 4 aromatic rings. The van der Waals surface area contributed by atoms with Gasteiger partial charge in [-0.25, -0.2) is 24.1 Å². The lowest BCUT2D eigenvalue weighted by Gasteiger charge is -2.42. The highest BCUT2D eigenvalue weighted by Gasteiger charge is 2.48. The number of alkyl halides is 1. The molecule has 8 rings (SSSR count). The number of carbonyl (C=O) groups excluding carboxylic acids is 2. The molecule has 4 aliphatic rings. The average molecular weight is 706 g/mol. The Balaban J connectivity index is 1.33. The van der Waals surface area contributed by atoms with Gasteiger partial charge in [0.1, 0.15) is 41.1 Å². The Morgan fingerprint density at radius 1 is 1.16 bits per heavy atom. The summed E-state index contributed by atoms with van der Waals surface area (Å²) in [5.74, 6) is -0.145. The summed E-state index contributed by atoms with van der Waals surface area (Å²) < 4.78 is 41.9. The first-order valence-electron chi connectivity index (χ1n) is 17.1. The third kappa shape index (κ3) is 6.75. The standard InChI is InChI=1S/C37H41ClFN5O6/c1-22-19-43-14-13-37(22,39)26-16-23(38)18-40-34(26)48-24-17-27(35(46)50-36(2,3)4)44(20-24)33-32-31(25-10-7-8-11-28(25)49-32)41-29(42-33)21-47-15-9-5-6-12-30(43)45/h5,7-11,16,18,22,24,27H,6,12-15,17,19-21H2,1-4H3/b9-5+/t22-,24-,27-,37+/m0/s1. The summed E-state index contributed by atoms with van der Waals surface area (Å²) in [5.41, 5.74) is -0.753. The van der Waals surface area contributed by atoms with Crippen LogP contribution in [0.2, 0.25) is 5.02 Å². The van der Waals surface area contributed by atoms with E-state index >= 15 is 4.39 Å². The SMILES string of the molecule is C[C@H]1CN2CC[C@]1(F)c1cc(Cl)cnc1O[C@H]1C[C@@H](C(=O)OC(C)(C)C)N(C1)c1nc(nc3c1oc1ccccc13)COC/C=C/CCC2=O. The number of hydrogen-bond donors (Lipinski definition) is 0. The molecule has 4 aliphatic heterocycles. The molecule has 1 amide bonds. The normalized spacial score (nSPS) is 25.6. The zero-order chi connectivity index (χ0) is 35.2. The predicted molar refractivity (Wildman–Crippen MR) is 186 cm³/mol. The summed E-state index contributed by atoms with van der Waals surface area (Å²) in [7, 11) is 0. The van der Waals surface area contributed by atoms with Gasteiger partial charge in [-0.1, -0.05) is 42.8 Å². The molecule has 0 saturated carbocycles. The molecule has 4 atom stereocenters. The van der Waals surface area contributed by atoms with Crippen molar-refractivity contribution < 1.29 is 32.6 Å². The molecule has 11 nitrogen and oxygen atoms in total. The molecule has 0 radical (unpaired) electrons. The molecule has 1 aromatic carbocycles. The summed E-state index contributed by atoms with van der Waals surface area (Å²) in [6.45, 7) is 8.30. The van der Waals surface area contributed by atoms with Gasteiger partial charge in [-0.2, -0.15) is 0 Å². The van der Waals surface area contributed by atoms with Gasteiger partial charge in [0, 0.05) is 49.9 Å². The number of furan rings is 1. The molecule has 13 heteroatoms. The molecule has 50 heavy (non-hydrogen) atoms. The molecule has 7 heterocycles. The lowest BCUT2D eigenvalue weighted by atomic mass is 9.78. The lowest BCUT2D eigenvalue weighted by molar-refractivity contribution is -0.156. The van der Waals surface area contributed by atoms with Crippen LogP contribution in [0.25, 0.3) is 22.1 Å². The second kappa shape index (κ2) is 13.4. The predicted octanol–water partition coefficient (Wildman–Crippen LogP) is 6.69. The van der Waals surface area contributed by atoms with Crippen LogP contribution in [-0.4, -0.2) is 75.7 Å². The number of para-hydroxylation sites is 1. The maximum absolute atomic E-state index is 17.2. The van der Waals surface area contributed by atoms with Crippen molar-refractivity contribution in [1.82, 2.24) is 19.9 Å². The number of anilines is 1. The monoisotopic (exact) mass is 705 g/mol. The molecule has 3 aromatic heterocycles. The van der Waals surface area contributed by atoms with Crippen LogP contribution in [0.5, 0.6) is 5.88 Å². The third-order valence-electron chi connectivity index (χ3n) is 9.52. The highest BCUT2D eigenvalue weighted by molar-refractivity contribution is 6.30. The number of hydrogen-bond acceptors (Lipinski definition) is 10. The van der Waals surface area contributed by atoms with Gasteiger partial charge in [-0.05, 0) is 45.4 Å². The number of amides is 1. The van der Waals surface area contributed by atoms with Gasteiger partial charge < -0.3 is 28.4 Å². The Bertz CT molecular complexity index is 1960. The number of halogens is 2. The van der Waals surface area contributed by atoms with Gasteiger partial charge >= 0.3 is 5.97 Å². The lowest BCUT2D eigenvalue weighted by Crippen LogP contribution is -2.49. The number of allylic oxidation sites excluding steroid dienone is 1. The Hall–Kier alpha value is -4.29. The minimum atomic E-state index is -1.86. The number of esters is 1. The number of fused-ring (bicyclic) bond motifs is 11. The number of aromatic nitrogens is 3. The summed E-state index contributed by atoms with van der Waals surface area (Å²) in [6.07, 6.45) is 5.68. The fourth-order valence-electron chi connectivity index (χ4n) is 7.07. The average Bonchev–Trinajstić information content (AvgIpc) is 3.66. The van der Waals surface area contributed by atoms with Gasteiger partial charge in [-0.3, -0.25) is 4.79 Å². The van der Waals surface area contributed by atoms with Crippen LogP contribution in [0, 0.1) is 5.92 Å². The molecule has 2 fully saturated rings. The number of pyridine rings is 1. The van der Waals surface area contributed by atoms with Gasteiger partial charge in [0.05, 0.1) is 23.7 Å². The van der Waals surface area contributed by atoms with E-state index in [1.54, 1.807) is 17.9 Å². The van der Waals surface area contributed by atoms with Crippen molar-refractivity contribution >= 4 is 51.4 Å². The molecular weight excluding hydrogens is 665 g/mol. The number of carbonyl (C=O) groups is 2. The Labute approximate surface area is 294 Å². The molecule has 0 aliphatic carbocycles. The molecule has 264 valence electrons. The van der Waals surface area contributed by atoms with Crippen molar-refractivity contribution in [2.24, 2.45) is 5.92 Å². The number of rotatable bonds is 1. The molecule has 0 N–H and O–H groups in total. The fraction of sp³-hybridized carbons (Fsp3) is 0.486. The minimum absolute atomic E-state index is 0.0307. The van der Waals surface area contributed by atoms with Crippen molar-refractivity contribution in [2.75, 3.05) is 31.1 Å². The van der Waals surface area contributed by atoms with Crippen molar-refractivity contribution in [3.8, 4) is 5.88 Å². The summed E-state index contributed by atoms with van der Waals surface area (Å²) >= 11 is 6.40. The van der Waals surface area contributed by atoms with E-state index in [1.807, 2.05) is 62.1 Å². The van der Waals surface area contributed by atoms with Crippen molar-refractivity contribution in [1.29, 1.82) is 0 Å². The minimum Gasteiger partial charge on any atom is -0.472 e. The number of benzene rings is 1. The van der Waals surface area contributed by atoms with E-state index in [9.17, 15) is 9.59 Å². The Kier molecular flexibility index (Phi) is 9.19. The number of ether oxygens (including phenoxy) is 3. The van der Waals surface area contributed by atoms with E-state index in [4.69, 9.17) is 40.2 Å². The molecular formula is C37H41ClFN5O6. The van der Waals surface area contributed by atoms with E-state index in [-0.39, 0.29) is 68.1 Å². The van der Waals surface area contributed by atoms with Crippen LogP contribution in [0.4, 0.5) is 10.2 Å². The molecule has 0 spiro atoms. The summed E-state index contributed by atoms with van der Waals surface area (Å²) in [4.78, 5) is 44.7. The first kappa shape index (κ1) is 34.2. The smallest absolute Gasteiger partial charge is 0.329 e. The zero-order valence-corrected chi connectivity index (χ0v) is 29.4. The van der Waals surface area contributed by atoms with Gasteiger partial charge in [0.15, 0.2) is 17.2 Å². The van der Waals surface area contributed by atoms with E-state index in [0.717, 1.165) is 5.39 Å². The van der Waals surface area contributed by atoms with Crippen molar-refractivity contribution in [3.63, 3.8) is 0 Å². The van der Waals surface area contributed by atoms with E-state index in [1.165, 1.54) is 6.20 Å². The van der Waals surface area contributed by atoms with Crippen LogP contribution in [0.1, 0.15) is 64.8 Å². The molecule has 0 unspecified atom stereocenters. The number of nitrogens with zero attached hydrogens (tertiary/aromatic N) is 5.